The zero-order valence-electron chi connectivity index (χ0n) is 18.7. The first-order valence-corrected chi connectivity index (χ1v) is 10.4. The van der Waals surface area contributed by atoms with Gasteiger partial charge in [-0.2, -0.15) is 0 Å². The highest BCUT2D eigenvalue weighted by Crippen LogP contribution is 2.21. The Bertz CT molecular complexity index is 695. The number of benzene rings is 1. The van der Waals surface area contributed by atoms with Crippen LogP contribution in [0.4, 0.5) is 0 Å². The summed E-state index contributed by atoms with van der Waals surface area (Å²) < 4.78 is 26.4. The van der Waals surface area contributed by atoms with E-state index in [4.69, 9.17) is 23.7 Å². The highest BCUT2D eigenvalue weighted by Gasteiger charge is 2.20. The molecule has 0 spiro atoms. The minimum Gasteiger partial charge on any atom is -0.432 e. The molecule has 172 valence electrons. The fraction of sp³-hybridized carbons (Fsp3) is 0.522. The second-order valence-electron chi connectivity index (χ2n) is 6.77. The average molecular weight is 437 g/mol. The number of esters is 3. The van der Waals surface area contributed by atoms with E-state index < -0.39 is 30.5 Å². The highest BCUT2D eigenvalue weighted by molar-refractivity contribution is 5.96. The second-order valence-corrected chi connectivity index (χ2v) is 6.77. The average Bonchev–Trinajstić information content (AvgIpc) is 2.73. The summed E-state index contributed by atoms with van der Waals surface area (Å²) in [5.74, 6) is -2.23. The molecule has 0 saturated heterocycles. The maximum absolute atomic E-state index is 12.5. The Hall–Kier alpha value is -2.71. The molecule has 31 heavy (non-hydrogen) atoms. The molecular formula is C23H32O8. The van der Waals surface area contributed by atoms with Gasteiger partial charge in [-0.25, -0.2) is 14.4 Å². The number of hydrogen-bond acceptors (Lipinski definition) is 8. The van der Waals surface area contributed by atoms with Crippen molar-refractivity contribution in [1.82, 2.24) is 0 Å². The van der Waals surface area contributed by atoms with Gasteiger partial charge in [0.2, 0.25) is 0 Å². The summed E-state index contributed by atoms with van der Waals surface area (Å²) in [6.07, 6.45) is 2.98. The summed E-state index contributed by atoms with van der Waals surface area (Å²) in [6, 6.07) is 3.88. The second kappa shape index (κ2) is 14.3. The normalized spacial score (nSPS) is 12.5. The highest BCUT2D eigenvalue weighted by atomic mass is 16.7. The van der Waals surface area contributed by atoms with Crippen molar-refractivity contribution in [2.75, 3.05) is 13.2 Å². The molecule has 0 bridgehead atoms. The van der Waals surface area contributed by atoms with Crippen molar-refractivity contribution in [2.24, 2.45) is 0 Å². The largest absolute Gasteiger partial charge is 0.432 e. The molecule has 0 saturated carbocycles. The van der Waals surface area contributed by atoms with E-state index in [-0.39, 0.29) is 16.9 Å². The van der Waals surface area contributed by atoms with Crippen molar-refractivity contribution in [3.8, 4) is 5.75 Å². The third kappa shape index (κ3) is 10.2. The molecule has 8 nitrogen and oxygen atoms in total. The molecule has 0 aromatic heterocycles. The first kappa shape index (κ1) is 26.3. The maximum Gasteiger partial charge on any atom is 0.340 e. The minimum atomic E-state index is -0.777. The van der Waals surface area contributed by atoms with Crippen LogP contribution in [0.15, 0.2) is 30.9 Å². The molecule has 0 N–H and O–H groups in total. The van der Waals surface area contributed by atoms with Gasteiger partial charge in [-0.3, -0.25) is 0 Å². The molecule has 2 atom stereocenters. The van der Waals surface area contributed by atoms with Crippen LogP contribution in [0.5, 0.6) is 5.75 Å². The quantitative estimate of drug-likeness (QED) is 0.139. The SMILES string of the molecule is C=CC(=O)Oc1cc(C(=O)OC(C)OCCCC)cc(C(=O)OC(C)OCCCC)c1. The van der Waals surface area contributed by atoms with Crippen molar-refractivity contribution in [3.05, 3.63) is 42.0 Å². The molecule has 0 aliphatic rings. The van der Waals surface area contributed by atoms with E-state index >= 15 is 0 Å². The van der Waals surface area contributed by atoms with Crippen molar-refractivity contribution in [1.29, 1.82) is 0 Å². The van der Waals surface area contributed by atoms with Crippen LogP contribution in [0.3, 0.4) is 0 Å². The lowest BCUT2D eigenvalue weighted by Gasteiger charge is -2.16. The van der Waals surface area contributed by atoms with E-state index in [9.17, 15) is 14.4 Å². The van der Waals surface area contributed by atoms with Crippen molar-refractivity contribution < 1.29 is 38.1 Å². The summed E-state index contributed by atoms with van der Waals surface area (Å²) in [5, 5.41) is 0. The zero-order valence-corrected chi connectivity index (χ0v) is 18.7. The van der Waals surface area contributed by atoms with E-state index in [0.717, 1.165) is 31.8 Å². The van der Waals surface area contributed by atoms with Crippen LogP contribution in [0.1, 0.15) is 74.1 Å². The Morgan fingerprint density at radius 3 is 1.71 bits per heavy atom. The topological polar surface area (TPSA) is 97.4 Å². The van der Waals surface area contributed by atoms with Gasteiger partial charge in [0.25, 0.3) is 0 Å². The summed E-state index contributed by atoms with van der Waals surface area (Å²) in [5.41, 5.74) is 0.0126. The lowest BCUT2D eigenvalue weighted by Crippen LogP contribution is -2.21. The van der Waals surface area contributed by atoms with Crippen molar-refractivity contribution in [2.45, 2.75) is 66.0 Å². The third-order valence-electron chi connectivity index (χ3n) is 4.01. The monoisotopic (exact) mass is 436 g/mol. The molecule has 0 fully saturated rings. The number of carbonyl (C=O) groups is 3. The van der Waals surface area contributed by atoms with Crippen LogP contribution >= 0.6 is 0 Å². The van der Waals surface area contributed by atoms with E-state index in [1.165, 1.54) is 18.2 Å². The number of ether oxygens (including phenoxy) is 5. The molecule has 1 aromatic rings. The Labute approximate surface area is 183 Å². The summed E-state index contributed by atoms with van der Waals surface area (Å²) >= 11 is 0. The molecule has 0 amide bonds. The van der Waals surface area contributed by atoms with Crippen LogP contribution in [-0.2, 0) is 23.7 Å². The smallest absolute Gasteiger partial charge is 0.340 e. The van der Waals surface area contributed by atoms with E-state index in [0.29, 0.717) is 13.2 Å². The number of carbonyl (C=O) groups excluding carboxylic acids is 3. The standard InChI is InChI=1S/C23H32O8/c1-6-9-11-27-16(4)29-22(25)18-13-19(15-20(14-18)31-21(24)8-3)23(26)30-17(5)28-12-10-7-2/h8,13-17H,3,6-7,9-12H2,1-2,4-5H3. The van der Waals surface area contributed by atoms with Gasteiger partial charge < -0.3 is 23.7 Å². The Kier molecular flexibility index (Phi) is 12.2. The molecule has 8 heteroatoms. The molecule has 2 unspecified atom stereocenters. The first-order valence-electron chi connectivity index (χ1n) is 10.4. The van der Waals surface area contributed by atoms with Gasteiger partial charge in [0.15, 0.2) is 12.6 Å². The van der Waals surface area contributed by atoms with Gasteiger partial charge in [0.1, 0.15) is 5.75 Å². The predicted molar refractivity (Wildman–Crippen MR) is 114 cm³/mol. The van der Waals surface area contributed by atoms with Crippen LogP contribution < -0.4 is 4.74 Å². The summed E-state index contributed by atoms with van der Waals surface area (Å²) in [6.45, 7) is 11.5. The lowest BCUT2D eigenvalue weighted by atomic mass is 10.1. The molecule has 0 radical (unpaired) electrons. The van der Waals surface area contributed by atoms with Gasteiger partial charge in [-0.15, -0.1) is 0 Å². The Morgan fingerprint density at radius 1 is 0.871 bits per heavy atom. The fourth-order valence-corrected chi connectivity index (χ4v) is 2.34. The predicted octanol–water partition coefficient (Wildman–Crippen LogP) is 4.42. The van der Waals surface area contributed by atoms with Gasteiger partial charge >= 0.3 is 17.9 Å². The Morgan fingerprint density at radius 2 is 1.32 bits per heavy atom. The van der Waals surface area contributed by atoms with E-state index in [2.05, 4.69) is 6.58 Å². The van der Waals surface area contributed by atoms with Crippen LogP contribution in [-0.4, -0.2) is 43.7 Å². The molecule has 1 aromatic carbocycles. The van der Waals surface area contributed by atoms with Gasteiger partial charge in [0, 0.05) is 6.08 Å². The van der Waals surface area contributed by atoms with E-state index in [1.807, 2.05) is 13.8 Å². The van der Waals surface area contributed by atoms with Crippen LogP contribution in [0.2, 0.25) is 0 Å². The number of hydrogen-bond donors (Lipinski definition) is 0. The zero-order chi connectivity index (χ0) is 23.2. The Balaban J connectivity index is 2.97. The van der Waals surface area contributed by atoms with Gasteiger partial charge in [-0.1, -0.05) is 33.3 Å². The fourth-order valence-electron chi connectivity index (χ4n) is 2.34. The molecule has 1 rings (SSSR count). The number of rotatable bonds is 14. The maximum atomic E-state index is 12.5. The first-order chi connectivity index (χ1) is 14.8. The van der Waals surface area contributed by atoms with E-state index in [1.54, 1.807) is 13.8 Å². The summed E-state index contributed by atoms with van der Waals surface area (Å²) in [4.78, 5) is 36.6. The van der Waals surface area contributed by atoms with Crippen molar-refractivity contribution >= 4 is 17.9 Å². The lowest BCUT2D eigenvalue weighted by molar-refractivity contribution is -0.129. The van der Waals surface area contributed by atoms with Gasteiger partial charge in [-0.05, 0) is 44.9 Å². The van der Waals surface area contributed by atoms with Gasteiger partial charge in [0.05, 0.1) is 24.3 Å². The van der Waals surface area contributed by atoms with Crippen molar-refractivity contribution in [3.63, 3.8) is 0 Å². The molecule has 0 aliphatic carbocycles. The molecule has 0 heterocycles. The molecular weight excluding hydrogens is 404 g/mol. The number of unbranched alkanes of at least 4 members (excludes halogenated alkanes) is 2. The molecule has 0 aliphatic heterocycles. The minimum absolute atomic E-state index is 0.00630. The van der Waals surface area contributed by atoms with Crippen LogP contribution in [0, 0.1) is 0 Å². The van der Waals surface area contributed by atoms with Crippen LogP contribution in [0.25, 0.3) is 0 Å². The summed E-state index contributed by atoms with van der Waals surface area (Å²) in [7, 11) is 0. The third-order valence-corrected chi connectivity index (χ3v) is 4.01.